The predicted octanol–water partition coefficient (Wildman–Crippen LogP) is 3.86. The van der Waals surface area contributed by atoms with Gasteiger partial charge >= 0.3 is 0 Å². The van der Waals surface area contributed by atoms with Crippen molar-refractivity contribution in [3.63, 3.8) is 0 Å². The highest BCUT2D eigenvalue weighted by molar-refractivity contribution is 7.16. The fourth-order valence-corrected chi connectivity index (χ4v) is 3.98. The SMILES string of the molecule is CCN(Cc1ccc(Cl)s1)C(=O)CCn1cnc2c(C)cccc2c1=O. The average molecular weight is 390 g/mol. The van der Waals surface area contributed by atoms with Crippen LogP contribution in [0.15, 0.2) is 41.5 Å². The van der Waals surface area contributed by atoms with Crippen molar-refractivity contribution in [2.24, 2.45) is 0 Å². The summed E-state index contributed by atoms with van der Waals surface area (Å²) in [5.41, 5.74) is 1.57. The molecule has 136 valence electrons. The van der Waals surface area contributed by atoms with Gasteiger partial charge in [0.25, 0.3) is 5.56 Å². The van der Waals surface area contributed by atoms with Crippen molar-refractivity contribution < 1.29 is 4.79 Å². The number of thiophene rings is 1. The van der Waals surface area contributed by atoms with E-state index >= 15 is 0 Å². The van der Waals surface area contributed by atoms with Crippen molar-refractivity contribution >= 4 is 39.7 Å². The minimum absolute atomic E-state index is 0.00765. The Bertz CT molecular complexity index is 996. The molecule has 0 saturated carbocycles. The van der Waals surface area contributed by atoms with E-state index in [1.807, 2.05) is 38.1 Å². The molecule has 0 fully saturated rings. The summed E-state index contributed by atoms with van der Waals surface area (Å²) in [5.74, 6) is 0.00765. The molecule has 0 bridgehead atoms. The van der Waals surface area contributed by atoms with Gasteiger partial charge in [-0.1, -0.05) is 23.7 Å². The quantitative estimate of drug-likeness (QED) is 0.643. The summed E-state index contributed by atoms with van der Waals surface area (Å²) in [6.07, 6.45) is 1.78. The first-order valence-electron chi connectivity index (χ1n) is 8.46. The van der Waals surface area contributed by atoms with Gasteiger partial charge in [-0.05, 0) is 37.6 Å². The topological polar surface area (TPSA) is 55.2 Å². The number of carbonyl (C=O) groups is 1. The van der Waals surface area contributed by atoms with Crippen LogP contribution in [0.3, 0.4) is 0 Å². The van der Waals surface area contributed by atoms with Gasteiger partial charge < -0.3 is 4.90 Å². The lowest BCUT2D eigenvalue weighted by Gasteiger charge is -2.20. The van der Waals surface area contributed by atoms with Gasteiger partial charge in [0.15, 0.2) is 0 Å². The monoisotopic (exact) mass is 389 g/mol. The van der Waals surface area contributed by atoms with Gasteiger partial charge in [-0.2, -0.15) is 0 Å². The number of para-hydroxylation sites is 1. The lowest BCUT2D eigenvalue weighted by Crippen LogP contribution is -2.32. The van der Waals surface area contributed by atoms with Crippen molar-refractivity contribution in [2.45, 2.75) is 33.4 Å². The maximum atomic E-state index is 12.6. The zero-order valence-electron chi connectivity index (χ0n) is 14.7. The second kappa shape index (κ2) is 8.01. The van der Waals surface area contributed by atoms with Crippen LogP contribution in [-0.4, -0.2) is 26.9 Å². The number of aryl methyl sites for hydroxylation is 2. The van der Waals surface area contributed by atoms with Crippen LogP contribution in [0.4, 0.5) is 0 Å². The second-order valence-electron chi connectivity index (χ2n) is 6.08. The largest absolute Gasteiger partial charge is 0.338 e. The summed E-state index contributed by atoms with van der Waals surface area (Å²) >= 11 is 7.43. The molecule has 0 saturated heterocycles. The van der Waals surface area contributed by atoms with Crippen LogP contribution in [0.5, 0.6) is 0 Å². The van der Waals surface area contributed by atoms with Crippen LogP contribution in [0.25, 0.3) is 10.9 Å². The van der Waals surface area contributed by atoms with Crippen LogP contribution in [0.1, 0.15) is 23.8 Å². The van der Waals surface area contributed by atoms with Crippen molar-refractivity contribution in [1.82, 2.24) is 14.5 Å². The molecule has 5 nitrogen and oxygen atoms in total. The molecule has 0 atom stereocenters. The lowest BCUT2D eigenvalue weighted by atomic mass is 10.1. The number of aromatic nitrogens is 2. The van der Waals surface area contributed by atoms with Crippen LogP contribution < -0.4 is 5.56 Å². The number of rotatable bonds is 6. The van der Waals surface area contributed by atoms with Gasteiger partial charge in [-0.3, -0.25) is 14.2 Å². The van der Waals surface area contributed by atoms with E-state index in [1.165, 1.54) is 22.2 Å². The van der Waals surface area contributed by atoms with E-state index in [0.717, 1.165) is 10.4 Å². The van der Waals surface area contributed by atoms with Gasteiger partial charge in [0.1, 0.15) is 0 Å². The van der Waals surface area contributed by atoms with Crippen LogP contribution in [-0.2, 0) is 17.9 Å². The Labute approximate surface area is 160 Å². The first kappa shape index (κ1) is 18.6. The number of benzene rings is 1. The normalized spacial score (nSPS) is 11.0. The first-order valence-corrected chi connectivity index (χ1v) is 9.65. The van der Waals surface area contributed by atoms with Gasteiger partial charge in [0, 0.05) is 24.4 Å². The Hall–Kier alpha value is -2.18. The van der Waals surface area contributed by atoms with E-state index in [-0.39, 0.29) is 17.9 Å². The smallest absolute Gasteiger partial charge is 0.261 e. The van der Waals surface area contributed by atoms with Gasteiger partial charge in [0.05, 0.1) is 28.1 Å². The predicted molar refractivity (Wildman–Crippen MR) is 106 cm³/mol. The Morgan fingerprint density at radius 1 is 1.31 bits per heavy atom. The summed E-state index contributed by atoms with van der Waals surface area (Å²) in [5, 5.41) is 0.584. The summed E-state index contributed by atoms with van der Waals surface area (Å²) < 4.78 is 2.22. The highest BCUT2D eigenvalue weighted by Gasteiger charge is 2.14. The number of hydrogen-bond acceptors (Lipinski definition) is 4. The summed E-state index contributed by atoms with van der Waals surface area (Å²) in [6.45, 7) is 5.34. The summed E-state index contributed by atoms with van der Waals surface area (Å²) in [4.78, 5) is 32.4. The van der Waals surface area contributed by atoms with Crippen LogP contribution >= 0.6 is 22.9 Å². The minimum Gasteiger partial charge on any atom is -0.338 e. The fraction of sp³-hybridized carbons (Fsp3) is 0.316. The van der Waals surface area contributed by atoms with E-state index < -0.39 is 0 Å². The maximum absolute atomic E-state index is 12.6. The molecule has 0 spiro atoms. The molecular weight excluding hydrogens is 370 g/mol. The highest BCUT2D eigenvalue weighted by Crippen LogP contribution is 2.23. The number of amides is 1. The molecule has 2 aromatic heterocycles. The number of hydrogen-bond donors (Lipinski definition) is 0. The standard InChI is InChI=1S/C19H20ClN3O2S/c1-3-22(11-14-7-8-16(20)26-14)17(24)9-10-23-12-21-18-13(2)5-4-6-15(18)19(23)25/h4-8,12H,3,9-11H2,1-2H3. The van der Waals surface area contributed by atoms with Crippen molar-refractivity contribution in [3.05, 3.63) is 61.8 Å². The average Bonchev–Trinajstić information content (AvgIpc) is 3.04. The molecule has 7 heteroatoms. The van der Waals surface area contributed by atoms with Crippen molar-refractivity contribution in [3.8, 4) is 0 Å². The van der Waals surface area contributed by atoms with E-state index in [2.05, 4.69) is 4.98 Å². The Balaban J connectivity index is 1.71. The van der Waals surface area contributed by atoms with Gasteiger partial charge in [-0.15, -0.1) is 11.3 Å². The van der Waals surface area contributed by atoms with E-state index in [9.17, 15) is 9.59 Å². The van der Waals surface area contributed by atoms with E-state index in [0.29, 0.717) is 34.9 Å². The Morgan fingerprint density at radius 3 is 2.81 bits per heavy atom. The zero-order chi connectivity index (χ0) is 18.7. The lowest BCUT2D eigenvalue weighted by molar-refractivity contribution is -0.131. The molecule has 0 N–H and O–H groups in total. The number of nitrogens with zero attached hydrogens (tertiary/aromatic N) is 3. The van der Waals surface area contributed by atoms with Crippen molar-refractivity contribution in [2.75, 3.05) is 6.54 Å². The van der Waals surface area contributed by atoms with Crippen LogP contribution in [0.2, 0.25) is 4.34 Å². The van der Waals surface area contributed by atoms with Gasteiger partial charge in [0.2, 0.25) is 5.91 Å². The Kier molecular flexibility index (Phi) is 5.74. The summed E-state index contributed by atoms with van der Waals surface area (Å²) in [7, 11) is 0. The third-order valence-electron chi connectivity index (χ3n) is 4.33. The minimum atomic E-state index is -0.111. The number of halogens is 1. The molecule has 0 unspecified atom stereocenters. The highest BCUT2D eigenvalue weighted by atomic mass is 35.5. The second-order valence-corrected chi connectivity index (χ2v) is 7.88. The third-order valence-corrected chi connectivity index (χ3v) is 5.55. The molecule has 0 aliphatic rings. The van der Waals surface area contributed by atoms with E-state index in [4.69, 9.17) is 11.6 Å². The third kappa shape index (κ3) is 3.97. The fourth-order valence-electron chi connectivity index (χ4n) is 2.87. The molecule has 0 radical (unpaired) electrons. The van der Waals surface area contributed by atoms with E-state index in [1.54, 1.807) is 11.0 Å². The summed E-state index contributed by atoms with van der Waals surface area (Å²) in [6, 6.07) is 9.32. The van der Waals surface area contributed by atoms with Gasteiger partial charge in [-0.25, -0.2) is 4.98 Å². The molecule has 2 heterocycles. The molecule has 26 heavy (non-hydrogen) atoms. The zero-order valence-corrected chi connectivity index (χ0v) is 16.3. The first-order chi connectivity index (χ1) is 12.5. The maximum Gasteiger partial charge on any atom is 0.261 e. The number of carbonyl (C=O) groups excluding carboxylic acids is 1. The van der Waals surface area contributed by atoms with Crippen LogP contribution in [0, 0.1) is 6.92 Å². The Morgan fingerprint density at radius 2 is 2.12 bits per heavy atom. The molecular formula is C19H20ClN3O2S. The number of fused-ring (bicyclic) bond motifs is 1. The molecule has 3 aromatic rings. The van der Waals surface area contributed by atoms with Crippen molar-refractivity contribution in [1.29, 1.82) is 0 Å². The molecule has 3 rings (SSSR count). The molecule has 0 aliphatic heterocycles. The molecule has 1 aromatic carbocycles. The molecule has 0 aliphatic carbocycles. The molecule has 1 amide bonds.